The number of hydrogen-bond acceptors (Lipinski definition) is 8. The van der Waals surface area contributed by atoms with Crippen LogP contribution < -0.4 is 18.9 Å². The molecule has 0 radical (unpaired) electrons. The molecule has 0 spiro atoms. The van der Waals surface area contributed by atoms with Gasteiger partial charge in [0, 0.05) is 50.8 Å². The summed E-state index contributed by atoms with van der Waals surface area (Å²) >= 11 is 0. The minimum atomic E-state index is -0.758. The van der Waals surface area contributed by atoms with E-state index in [1.807, 2.05) is 135 Å². The van der Waals surface area contributed by atoms with Crippen LogP contribution in [-0.2, 0) is 21.7 Å². The normalized spacial score (nSPS) is 13.0. The molecule has 0 aliphatic carbocycles. The van der Waals surface area contributed by atoms with Crippen molar-refractivity contribution < 1.29 is 39.4 Å². The molecule has 5 aromatic carbocycles. The molecular formula is C52H66O8. The first-order valence-electron chi connectivity index (χ1n) is 20.5. The largest absolute Gasteiger partial charge is 0.507 e. The van der Waals surface area contributed by atoms with Crippen molar-refractivity contribution in [2.45, 2.75) is 117 Å². The van der Waals surface area contributed by atoms with Gasteiger partial charge in [-0.1, -0.05) is 113 Å². The maximum absolute atomic E-state index is 12.4. The van der Waals surface area contributed by atoms with Crippen molar-refractivity contribution in [1.29, 1.82) is 0 Å². The first kappa shape index (κ1) is 45.6. The summed E-state index contributed by atoms with van der Waals surface area (Å²) < 4.78 is 23.4. The smallest absolute Gasteiger partial charge is 0.161 e. The second kappa shape index (κ2) is 16.5. The summed E-state index contributed by atoms with van der Waals surface area (Å²) in [6.07, 6.45) is 0. The molecule has 0 aliphatic heterocycles. The molecule has 0 aromatic heterocycles. The Hall–Kier alpha value is -5.50. The van der Waals surface area contributed by atoms with E-state index in [-0.39, 0.29) is 28.4 Å². The van der Waals surface area contributed by atoms with E-state index < -0.39 is 28.1 Å². The molecule has 0 amide bonds. The first-order chi connectivity index (χ1) is 27.8. The van der Waals surface area contributed by atoms with Gasteiger partial charge in [0.15, 0.2) is 11.5 Å². The lowest BCUT2D eigenvalue weighted by Gasteiger charge is -2.31. The minimum absolute atomic E-state index is 0.0579. The van der Waals surface area contributed by atoms with Gasteiger partial charge in [-0.15, -0.1) is 0 Å². The zero-order valence-corrected chi connectivity index (χ0v) is 38.5. The molecule has 5 rings (SSSR count). The fourth-order valence-corrected chi connectivity index (χ4v) is 8.03. The predicted octanol–water partition coefficient (Wildman–Crippen LogP) is 12.1. The summed E-state index contributed by atoms with van der Waals surface area (Å²) in [4.78, 5) is 0. The molecule has 322 valence electrons. The number of phenols is 4. The number of ether oxygens (including phenoxy) is 4. The monoisotopic (exact) mass is 818 g/mol. The number of benzene rings is 5. The summed E-state index contributed by atoms with van der Waals surface area (Å²) in [6, 6.07) is 22.7. The molecule has 8 heteroatoms. The summed E-state index contributed by atoms with van der Waals surface area (Å²) in [7, 11) is 6.33. The third-order valence-electron chi connectivity index (χ3n) is 11.5. The number of rotatable bonds is 10. The van der Waals surface area contributed by atoms with E-state index in [4.69, 9.17) is 18.9 Å². The molecule has 0 saturated heterocycles. The van der Waals surface area contributed by atoms with Crippen molar-refractivity contribution in [3.05, 3.63) is 128 Å². The molecular weight excluding hydrogens is 753 g/mol. The lowest BCUT2D eigenvalue weighted by atomic mass is 9.75. The summed E-state index contributed by atoms with van der Waals surface area (Å²) in [5, 5.41) is 49.2. The number of methoxy groups -OCH3 is 4. The van der Waals surface area contributed by atoms with E-state index >= 15 is 0 Å². The van der Waals surface area contributed by atoms with Gasteiger partial charge in [-0.05, 0) is 80.8 Å². The summed E-state index contributed by atoms with van der Waals surface area (Å²) in [5.74, 6) is 0.629. The van der Waals surface area contributed by atoms with Crippen LogP contribution in [0.5, 0.6) is 46.0 Å². The van der Waals surface area contributed by atoms with Crippen molar-refractivity contribution in [2.24, 2.45) is 0 Å². The van der Waals surface area contributed by atoms with Gasteiger partial charge in [-0.3, -0.25) is 0 Å². The Morgan fingerprint density at radius 3 is 1.00 bits per heavy atom. The summed E-state index contributed by atoms with van der Waals surface area (Å²) in [6.45, 7) is 24.6. The Kier molecular flexibility index (Phi) is 12.5. The first-order valence-corrected chi connectivity index (χ1v) is 20.5. The molecule has 60 heavy (non-hydrogen) atoms. The van der Waals surface area contributed by atoms with Crippen molar-refractivity contribution in [3.8, 4) is 46.0 Å². The molecule has 8 nitrogen and oxygen atoms in total. The van der Waals surface area contributed by atoms with Crippen molar-refractivity contribution in [3.63, 3.8) is 0 Å². The highest BCUT2D eigenvalue weighted by atomic mass is 16.5. The molecule has 0 bridgehead atoms. The molecule has 0 aliphatic rings. The SMILES string of the molecule is COc1cc(C(c2cccc(C(c3cc(OC)cc(C(C)(C)C)c3O)c3cc(OC)cc(C(C)(C)C)c3O)c2)c2cc(C(C)(C)C)cc(OC)c2O)c(O)c(C(C)(C)C)c1. The highest BCUT2D eigenvalue weighted by Gasteiger charge is 2.35. The van der Waals surface area contributed by atoms with Crippen LogP contribution in [0.15, 0.2) is 72.8 Å². The van der Waals surface area contributed by atoms with E-state index in [0.29, 0.717) is 61.9 Å². The quantitative estimate of drug-likeness (QED) is 0.103. The fraction of sp³-hybridized carbons (Fsp3) is 0.423. The lowest BCUT2D eigenvalue weighted by Crippen LogP contribution is -2.17. The second-order valence-corrected chi connectivity index (χ2v) is 20.0. The van der Waals surface area contributed by atoms with E-state index in [2.05, 4.69) is 20.8 Å². The Labute approximate surface area is 357 Å². The Balaban J connectivity index is 1.99. The van der Waals surface area contributed by atoms with E-state index in [0.717, 1.165) is 16.7 Å². The van der Waals surface area contributed by atoms with E-state index in [1.165, 1.54) is 7.11 Å². The summed E-state index contributed by atoms with van der Waals surface area (Å²) in [5.41, 5.74) is 4.77. The maximum atomic E-state index is 12.4. The van der Waals surface area contributed by atoms with Crippen LogP contribution in [0.3, 0.4) is 0 Å². The van der Waals surface area contributed by atoms with Gasteiger partial charge in [0.05, 0.1) is 28.4 Å². The van der Waals surface area contributed by atoms with Crippen molar-refractivity contribution >= 4 is 0 Å². The van der Waals surface area contributed by atoms with E-state index in [1.54, 1.807) is 21.3 Å². The van der Waals surface area contributed by atoms with Gasteiger partial charge in [0.2, 0.25) is 0 Å². The highest BCUT2D eigenvalue weighted by molar-refractivity contribution is 5.65. The second-order valence-electron chi connectivity index (χ2n) is 20.0. The molecule has 1 atom stereocenters. The van der Waals surface area contributed by atoms with Gasteiger partial charge in [0.25, 0.3) is 0 Å². The van der Waals surface area contributed by atoms with Gasteiger partial charge in [-0.25, -0.2) is 0 Å². The van der Waals surface area contributed by atoms with Crippen LogP contribution in [-0.4, -0.2) is 48.9 Å². The predicted molar refractivity (Wildman–Crippen MR) is 242 cm³/mol. The van der Waals surface area contributed by atoms with Crippen LogP contribution >= 0.6 is 0 Å². The Morgan fingerprint density at radius 1 is 0.383 bits per heavy atom. The van der Waals surface area contributed by atoms with E-state index in [9.17, 15) is 20.4 Å². The molecule has 0 heterocycles. The minimum Gasteiger partial charge on any atom is -0.507 e. The third-order valence-corrected chi connectivity index (χ3v) is 11.5. The standard InChI is InChI=1S/C52H66O8/c1-49(2,3)31-21-35(48(56)42(22-31)60-16)43(36-23-32(57-13)26-39(45(36)53)50(4,5)6)29-18-17-19-30(20-29)44(37-24-33(58-14)27-40(46(37)54)51(7,8)9)38-25-34(59-15)28-41(47(38)55)52(10,11)12/h17-28,43-44,53-56H,1-16H3. The van der Waals surface area contributed by atoms with Crippen LogP contribution in [0.2, 0.25) is 0 Å². The van der Waals surface area contributed by atoms with Gasteiger partial charge >= 0.3 is 0 Å². The average Bonchev–Trinajstić information content (AvgIpc) is 3.15. The molecule has 0 fully saturated rings. The van der Waals surface area contributed by atoms with Crippen molar-refractivity contribution in [1.82, 2.24) is 0 Å². The average molecular weight is 819 g/mol. The Morgan fingerprint density at radius 2 is 0.717 bits per heavy atom. The molecule has 1 unspecified atom stereocenters. The number of hydrogen-bond donors (Lipinski definition) is 4. The molecule has 4 N–H and O–H groups in total. The lowest BCUT2D eigenvalue weighted by molar-refractivity contribution is 0.368. The van der Waals surface area contributed by atoms with Gasteiger partial charge in [-0.2, -0.15) is 0 Å². The third kappa shape index (κ3) is 8.98. The van der Waals surface area contributed by atoms with Crippen LogP contribution in [0.4, 0.5) is 0 Å². The van der Waals surface area contributed by atoms with Crippen LogP contribution in [0.25, 0.3) is 0 Å². The number of phenolic OH excluding ortho intramolecular Hbond substituents is 4. The topological polar surface area (TPSA) is 118 Å². The zero-order chi connectivity index (χ0) is 44.9. The molecule has 0 saturated carbocycles. The fourth-order valence-electron chi connectivity index (χ4n) is 8.03. The zero-order valence-electron chi connectivity index (χ0n) is 38.5. The number of aromatic hydroxyl groups is 4. The van der Waals surface area contributed by atoms with Crippen LogP contribution in [0.1, 0.15) is 151 Å². The highest BCUT2D eigenvalue weighted by Crippen LogP contribution is 2.52. The Bertz CT molecular complexity index is 2170. The maximum Gasteiger partial charge on any atom is 0.161 e. The van der Waals surface area contributed by atoms with Gasteiger partial charge < -0.3 is 39.4 Å². The van der Waals surface area contributed by atoms with Crippen molar-refractivity contribution in [2.75, 3.05) is 28.4 Å². The molecule has 5 aromatic rings. The van der Waals surface area contributed by atoms with Crippen LogP contribution in [0, 0.1) is 0 Å². The van der Waals surface area contributed by atoms with Gasteiger partial charge in [0.1, 0.15) is 34.5 Å².